The first kappa shape index (κ1) is 20.0. The maximum Gasteiger partial charge on any atom is 0.252 e. The Balaban J connectivity index is 1.95. The van der Waals surface area contributed by atoms with Crippen LogP contribution in [0.3, 0.4) is 0 Å². The number of nitrogens with one attached hydrogen (secondary N) is 2. The monoisotopic (exact) mass is 371 g/mol. The van der Waals surface area contributed by atoms with E-state index in [0.717, 1.165) is 10.5 Å². The standard InChI is InChI=1S/C20H25N3O2S/c1-14(2)23-19(24)13-26-18-11-7-6-10-16(18)20(25)22-12-17(21)15-8-4-3-5-9-15/h3-11,14,17H,12-13,21H2,1-2H3,(H,22,25)(H,23,24). The highest BCUT2D eigenvalue weighted by Gasteiger charge is 2.14. The predicted molar refractivity (Wildman–Crippen MR) is 106 cm³/mol. The fraction of sp³-hybridized carbons (Fsp3) is 0.300. The van der Waals surface area contributed by atoms with E-state index in [1.807, 2.05) is 62.4 Å². The van der Waals surface area contributed by atoms with Crippen LogP contribution in [0.1, 0.15) is 35.8 Å². The van der Waals surface area contributed by atoms with Gasteiger partial charge in [-0.1, -0.05) is 42.5 Å². The van der Waals surface area contributed by atoms with Gasteiger partial charge < -0.3 is 16.4 Å². The molecule has 4 N–H and O–H groups in total. The van der Waals surface area contributed by atoms with Gasteiger partial charge in [0.25, 0.3) is 5.91 Å². The van der Waals surface area contributed by atoms with Crippen molar-refractivity contribution in [1.82, 2.24) is 10.6 Å². The molecule has 1 atom stereocenters. The molecule has 2 rings (SSSR count). The van der Waals surface area contributed by atoms with Crippen LogP contribution >= 0.6 is 11.8 Å². The molecular formula is C20H25N3O2S. The first-order valence-corrected chi connectivity index (χ1v) is 9.56. The first-order chi connectivity index (χ1) is 12.5. The maximum absolute atomic E-state index is 12.5. The SMILES string of the molecule is CC(C)NC(=O)CSc1ccccc1C(=O)NCC(N)c1ccccc1. The van der Waals surface area contributed by atoms with Gasteiger partial charge in [-0.2, -0.15) is 0 Å². The number of hydrogen-bond acceptors (Lipinski definition) is 4. The van der Waals surface area contributed by atoms with Crippen molar-refractivity contribution in [1.29, 1.82) is 0 Å². The van der Waals surface area contributed by atoms with Gasteiger partial charge in [0, 0.05) is 23.5 Å². The molecule has 1 unspecified atom stereocenters. The summed E-state index contributed by atoms with van der Waals surface area (Å²) in [6, 6.07) is 16.7. The van der Waals surface area contributed by atoms with Gasteiger partial charge in [-0.15, -0.1) is 11.8 Å². The van der Waals surface area contributed by atoms with E-state index in [9.17, 15) is 9.59 Å². The van der Waals surface area contributed by atoms with Crippen LogP contribution in [0, 0.1) is 0 Å². The van der Waals surface area contributed by atoms with Crippen LogP contribution < -0.4 is 16.4 Å². The minimum absolute atomic E-state index is 0.0497. The van der Waals surface area contributed by atoms with Crippen molar-refractivity contribution < 1.29 is 9.59 Å². The lowest BCUT2D eigenvalue weighted by Crippen LogP contribution is -2.32. The Hall–Kier alpha value is -2.31. The third-order valence-corrected chi connectivity index (χ3v) is 4.72. The van der Waals surface area contributed by atoms with Gasteiger partial charge in [0.15, 0.2) is 0 Å². The van der Waals surface area contributed by atoms with Gasteiger partial charge in [0.05, 0.1) is 11.3 Å². The van der Waals surface area contributed by atoms with Gasteiger partial charge in [-0.3, -0.25) is 9.59 Å². The molecule has 5 nitrogen and oxygen atoms in total. The highest BCUT2D eigenvalue weighted by Crippen LogP contribution is 2.22. The quantitative estimate of drug-likeness (QED) is 0.623. The summed E-state index contributed by atoms with van der Waals surface area (Å²) in [4.78, 5) is 25.1. The summed E-state index contributed by atoms with van der Waals surface area (Å²) in [6.07, 6.45) is 0. The molecule has 0 spiro atoms. The van der Waals surface area contributed by atoms with Crippen molar-refractivity contribution in [3.05, 3.63) is 65.7 Å². The number of carbonyl (C=O) groups excluding carboxylic acids is 2. The average Bonchev–Trinajstić information content (AvgIpc) is 2.64. The van der Waals surface area contributed by atoms with Crippen LogP contribution in [0.15, 0.2) is 59.5 Å². The summed E-state index contributed by atoms with van der Waals surface area (Å²) in [5.41, 5.74) is 7.66. The normalized spacial score (nSPS) is 11.8. The first-order valence-electron chi connectivity index (χ1n) is 8.57. The Morgan fingerprint density at radius 1 is 1.04 bits per heavy atom. The lowest BCUT2D eigenvalue weighted by molar-refractivity contribution is -0.119. The highest BCUT2D eigenvalue weighted by atomic mass is 32.2. The number of carbonyl (C=O) groups is 2. The van der Waals surface area contributed by atoms with Crippen molar-refractivity contribution in [3.8, 4) is 0 Å². The van der Waals surface area contributed by atoms with Crippen LogP contribution in [-0.4, -0.2) is 30.2 Å². The topological polar surface area (TPSA) is 84.2 Å². The molecule has 0 aliphatic carbocycles. The number of benzene rings is 2. The molecule has 26 heavy (non-hydrogen) atoms. The summed E-state index contributed by atoms with van der Waals surface area (Å²) >= 11 is 1.35. The molecule has 0 heterocycles. The molecule has 2 aromatic carbocycles. The molecule has 0 saturated heterocycles. The molecule has 0 bridgehead atoms. The Labute approximate surface area is 158 Å². The van der Waals surface area contributed by atoms with Gasteiger partial charge in [0.2, 0.25) is 5.91 Å². The number of thioether (sulfide) groups is 1. The largest absolute Gasteiger partial charge is 0.353 e. The predicted octanol–water partition coefficient (Wildman–Crippen LogP) is 2.73. The minimum atomic E-state index is -0.267. The molecule has 0 aliphatic rings. The van der Waals surface area contributed by atoms with E-state index in [0.29, 0.717) is 12.1 Å². The third kappa shape index (κ3) is 6.20. The summed E-state index contributed by atoms with van der Waals surface area (Å²) in [6.45, 7) is 4.18. The van der Waals surface area contributed by atoms with Crippen LogP contribution in [0.5, 0.6) is 0 Å². The van der Waals surface area contributed by atoms with Crippen molar-refractivity contribution in [2.24, 2.45) is 5.73 Å². The lowest BCUT2D eigenvalue weighted by Gasteiger charge is -2.14. The second-order valence-corrected chi connectivity index (χ2v) is 7.25. The zero-order chi connectivity index (χ0) is 18.9. The smallest absolute Gasteiger partial charge is 0.252 e. The van der Waals surface area contributed by atoms with Crippen molar-refractivity contribution in [2.75, 3.05) is 12.3 Å². The van der Waals surface area contributed by atoms with E-state index in [-0.39, 0.29) is 29.7 Å². The second-order valence-electron chi connectivity index (χ2n) is 6.23. The zero-order valence-electron chi connectivity index (χ0n) is 15.1. The Morgan fingerprint density at radius 2 is 1.69 bits per heavy atom. The van der Waals surface area contributed by atoms with Crippen LogP contribution in [0.25, 0.3) is 0 Å². The summed E-state index contributed by atoms with van der Waals surface area (Å²) < 4.78 is 0. The average molecular weight is 372 g/mol. The van der Waals surface area contributed by atoms with Crippen LogP contribution in [-0.2, 0) is 4.79 Å². The van der Waals surface area contributed by atoms with Gasteiger partial charge in [-0.25, -0.2) is 0 Å². The highest BCUT2D eigenvalue weighted by molar-refractivity contribution is 8.00. The molecule has 138 valence electrons. The Kier molecular flexibility index (Phi) is 7.69. The van der Waals surface area contributed by atoms with Crippen molar-refractivity contribution >= 4 is 23.6 Å². The van der Waals surface area contributed by atoms with E-state index in [1.54, 1.807) is 6.07 Å². The van der Waals surface area contributed by atoms with Gasteiger partial charge >= 0.3 is 0 Å². The van der Waals surface area contributed by atoms with Crippen LogP contribution in [0.4, 0.5) is 0 Å². The molecule has 0 radical (unpaired) electrons. The Morgan fingerprint density at radius 3 is 2.38 bits per heavy atom. The molecule has 2 amide bonds. The molecule has 0 aromatic heterocycles. The van der Waals surface area contributed by atoms with E-state index in [2.05, 4.69) is 10.6 Å². The third-order valence-electron chi connectivity index (χ3n) is 3.65. The molecule has 6 heteroatoms. The van der Waals surface area contributed by atoms with Gasteiger partial charge in [-0.05, 0) is 31.5 Å². The minimum Gasteiger partial charge on any atom is -0.353 e. The number of nitrogens with two attached hydrogens (primary N) is 1. The van der Waals surface area contributed by atoms with E-state index in [4.69, 9.17) is 5.73 Å². The summed E-state index contributed by atoms with van der Waals surface area (Å²) in [7, 11) is 0. The summed E-state index contributed by atoms with van der Waals surface area (Å²) in [5.74, 6) is 0.0292. The molecular weight excluding hydrogens is 346 g/mol. The molecule has 0 aliphatic heterocycles. The number of hydrogen-bond donors (Lipinski definition) is 3. The molecule has 2 aromatic rings. The van der Waals surface area contributed by atoms with Gasteiger partial charge in [0.1, 0.15) is 0 Å². The molecule has 0 fully saturated rings. The maximum atomic E-state index is 12.5. The number of rotatable bonds is 8. The van der Waals surface area contributed by atoms with E-state index >= 15 is 0 Å². The fourth-order valence-corrected chi connectivity index (χ4v) is 3.26. The summed E-state index contributed by atoms with van der Waals surface area (Å²) in [5, 5.41) is 5.72. The zero-order valence-corrected chi connectivity index (χ0v) is 15.9. The Bertz CT molecular complexity index is 735. The van der Waals surface area contributed by atoms with E-state index in [1.165, 1.54) is 11.8 Å². The second kappa shape index (κ2) is 9.99. The molecule has 0 saturated carbocycles. The number of amides is 2. The van der Waals surface area contributed by atoms with E-state index < -0.39 is 0 Å². The fourth-order valence-electron chi connectivity index (χ4n) is 2.40. The van der Waals surface area contributed by atoms with Crippen molar-refractivity contribution in [2.45, 2.75) is 30.8 Å². The van der Waals surface area contributed by atoms with Crippen molar-refractivity contribution in [3.63, 3.8) is 0 Å². The van der Waals surface area contributed by atoms with Crippen LogP contribution in [0.2, 0.25) is 0 Å². The lowest BCUT2D eigenvalue weighted by atomic mass is 10.1.